The molecule has 33 heteroatoms. The topological polar surface area (TPSA) is 360 Å². The molecule has 8 fully saturated rings. The predicted molar refractivity (Wildman–Crippen MR) is 490 cm³/mol. The van der Waals surface area contributed by atoms with E-state index in [1.807, 2.05) is 158 Å². The second-order valence-electron chi connectivity index (χ2n) is 41.8. The quantitative estimate of drug-likeness (QED) is 0.0847. The Hall–Kier alpha value is -8.54. The van der Waals surface area contributed by atoms with Crippen molar-refractivity contribution in [2.75, 3.05) is 32.8 Å². The predicted octanol–water partition coefficient (Wildman–Crippen LogP) is 15.5. The van der Waals surface area contributed by atoms with E-state index in [4.69, 9.17) is 72.5 Å². The zero-order chi connectivity index (χ0) is 93.1. The first kappa shape index (κ1) is 104. The first-order valence-electron chi connectivity index (χ1n) is 48.5. The van der Waals surface area contributed by atoms with Crippen LogP contribution in [0.2, 0.25) is 0 Å². The van der Waals surface area contributed by atoms with Crippen molar-refractivity contribution in [3.8, 4) is 34.9 Å². The van der Waals surface area contributed by atoms with Crippen LogP contribution in [0.3, 0.4) is 0 Å². The van der Waals surface area contributed by atoms with Gasteiger partial charge in [0.1, 0.15) is 88.6 Å². The molecule has 9 heterocycles. The standard InChI is InChI=1S/C34H45N4O6.C34H47N4O6.C33H43N4O6.3V/c1-6-42-21-12-13-24-26(16-21)36-31-25(35-24)11-9-7-8-10-22-23-14-20(23)15-28(22)44-33(41)37-30(34(3,4)5)32(40)38-17-29(43-31)19(2)27(38)18-39;1-7-42-23-15-16-24-26(18-23)36-30-25(35-24)14-10-8-9-12-22-13-11-17-34(22,6)44-32(41)37-29(33(3,4)5)31(40)38-19-28(43-30)21(2)27(38)20-39;1-5-22-26(18-38)37-17-28(22)42-30-24(34-23-14-13-21(16-25(23)35-30)41-20-11-12-20)10-8-6-7-9-19-15-27(19)43-32(40)36-29(31(37)39)33(2,3)4;;;/h12-13,16,19-20,22-23,27-30H,6-11,14-15,17H2,1-5H3,(H,37,41);15-16,18,21-22,27-29H,7-14,17,19H2,1-6H3,(H,37,41);13-14,16,19-20,22,26-29H,5-12,15,17H2,1-4H3,(H,36,40);;;/q3*-1;;;/t19-,20?,22+,23?,27+,28+,29-,30+;21-,22+,27+,28-,29+,34+;19-,22+,26-,27-,28+,29-;;;/m001.../s1. The van der Waals surface area contributed by atoms with E-state index in [-0.39, 0.29) is 135 Å². The molecule has 5 aliphatic carbocycles. The number of carbonyl (C=O) groups excluding carboxylic acids is 9. The number of rotatable bonds is 10. The van der Waals surface area contributed by atoms with Crippen LogP contribution in [0.15, 0.2) is 54.6 Å². The maximum Gasteiger partial charge on any atom is 0.408 e. The fourth-order valence-corrected chi connectivity index (χ4v) is 21.0. The van der Waals surface area contributed by atoms with E-state index in [9.17, 15) is 43.2 Å². The zero-order valence-corrected chi connectivity index (χ0v) is 84.7. The third-order valence-electron chi connectivity index (χ3n) is 29.0. The van der Waals surface area contributed by atoms with Gasteiger partial charge in [0.25, 0.3) is 0 Å². The monoisotopic (exact) mass is 1960 g/mol. The minimum absolute atomic E-state index is 0. The van der Waals surface area contributed by atoms with Crippen LogP contribution in [0, 0.1) is 63.6 Å². The van der Waals surface area contributed by atoms with Crippen molar-refractivity contribution in [2.24, 2.45) is 63.6 Å². The van der Waals surface area contributed by atoms with Gasteiger partial charge in [-0.3, -0.25) is 14.4 Å². The number of benzene rings is 3. The van der Waals surface area contributed by atoms with Crippen LogP contribution < -0.4 is 44.4 Å². The maximum absolute atomic E-state index is 14.1. The number of nitrogens with one attached hydrogen (secondary N) is 3. The molecule has 30 nitrogen and oxygen atoms in total. The number of nitrogens with zero attached hydrogens (tertiary/aromatic N) is 9. The summed E-state index contributed by atoms with van der Waals surface area (Å²) in [5.41, 5.74) is 4.16. The average molecular weight is 1960 g/mol. The number of aryl methyl sites for hydroxylation is 3. The first-order valence-corrected chi connectivity index (χ1v) is 48.5. The Kier molecular flexibility index (Phi) is 34.7. The Morgan fingerprint density at radius 1 is 0.425 bits per heavy atom. The summed E-state index contributed by atoms with van der Waals surface area (Å²) in [6, 6.07) is 12.0. The summed E-state index contributed by atoms with van der Waals surface area (Å²) in [5.74, 6) is 3.61. The molecule has 3 radical (unpaired) electrons. The van der Waals surface area contributed by atoms with Gasteiger partial charge in [0.2, 0.25) is 35.4 Å². The zero-order valence-electron chi connectivity index (χ0n) is 80.5. The fraction of sp³-hybridized carbons (Fsp3) is 0.673. The summed E-state index contributed by atoms with van der Waals surface area (Å²) in [5, 5.41) is 8.60. The minimum atomic E-state index is -0.910. The molecule has 20 atom stereocenters. The summed E-state index contributed by atoms with van der Waals surface area (Å²) in [4.78, 5) is 153. The van der Waals surface area contributed by atoms with Gasteiger partial charge in [0.05, 0.1) is 72.1 Å². The largest absolute Gasteiger partial charge is 0.540 e. The summed E-state index contributed by atoms with van der Waals surface area (Å²) in [6.07, 6.45) is 25.4. The Balaban J connectivity index is 0.000000179. The second-order valence-corrected chi connectivity index (χ2v) is 41.8. The number of amides is 6. The van der Waals surface area contributed by atoms with Crippen LogP contribution in [0.25, 0.3) is 33.1 Å². The summed E-state index contributed by atoms with van der Waals surface area (Å²) < 4.78 is 54.9. The van der Waals surface area contributed by atoms with Crippen LogP contribution in [-0.2, 0) is 118 Å². The Morgan fingerprint density at radius 3 is 1.28 bits per heavy atom. The van der Waals surface area contributed by atoms with Crippen LogP contribution in [0.1, 0.15) is 256 Å². The molecule has 3 saturated heterocycles. The van der Waals surface area contributed by atoms with E-state index < -0.39 is 94.7 Å². The summed E-state index contributed by atoms with van der Waals surface area (Å²) in [7, 11) is 0. The molecule has 6 bridgehead atoms. The van der Waals surface area contributed by atoms with Crippen molar-refractivity contribution in [1.82, 2.24) is 60.6 Å². The molecule has 3 N–H and O–H groups in total. The number of fused-ring (bicyclic) bond motifs is 17. The Labute approximate surface area is 823 Å². The molecule has 5 saturated carbocycles. The van der Waals surface area contributed by atoms with Gasteiger partial charge in [-0.15, -0.1) is 0 Å². The molecule has 17 rings (SSSR count). The van der Waals surface area contributed by atoms with Gasteiger partial charge < -0.3 is 87.7 Å². The van der Waals surface area contributed by atoms with E-state index in [0.29, 0.717) is 108 Å². The maximum atomic E-state index is 14.1. The van der Waals surface area contributed by atoms with Crippen LogP contribution in [0.4, 0.5) is 14.4 Å². The van der Waals surface area contributed by atoms with Gasteiger partial charge in [0.15, 0.2) is 0 Å². The molecule has 11 aliphatic rings. The van der Waals surface area contributed by atoms with E-state index in [2.05, 4.69) is 34.8 Å². The molecule has 3 aromatic heterocycles. The number of hydrogen-bond acceptors (Lipinski definition) is 24. The average Bonchev–Trinajstić information content (AvgIpc) is 1.59. The molecule has 3 aromatic carbocycles. The van der Waals surface area contributed by atoms with Gasteiger partial charge in [-0.05, 0) is 230 Å². The molecular weight excluding hydrogens is 1820 g/mol. The number of carbonyl (C=O) groups is 6. The molecule has 6 aliphatic heterocycles. The number of ether oxygens (including phenoxy) is 9. The number of aromatic nitrogens is 6. The third kappa shape index (κ3) is 24.4. The van der Waals surface area contributed by atoms with Crippen molar-refractivity contribution >= 4 is 88.0 Å². The van der Waals surface area contributed by atoms with Crippen molar-refractivity contribution < 1.29 is 141 Å². The molecule has 0 spiro atoms. The molecule has 2 unspecified atom stereocenters. The minimum Gasteiger partial charge on any atom is -0.540 e. The SMILES string of the molecule is CCOc1ccc2nc3c(nc2c1)O[C@H]1CN(C(=O)[C@H](C(C)(C)C)NC(=O)O[C@@H]2CC4CC4[C@H]2CCCCC3)[C@H]([C-]=O)[C@@H]1C.CCOc1ccc2nc3c(nc2c1)O[C@H]1CN(C(=O)[C@H](C(C)(C)C)NC(=O)O[C@]2(C)CCC[C@H]2CCCCC3)[C@H]([C-]=O)[C@@H]1C.CC[C@@H]1[C@@H]2CN(C(=O)[C@H](C(C)(C)C)NC(=O)O[C@@H]3C[C@H]3CCCCCc3nc4ccc(OC5CC5)cc4nc3O2)[C@@H]1[C-]=O.[V].[V].[V]. The van der Waals surface area contributed by atoms with Gasteiger partial charge in [-0.2, -0.15) is 0 Å². The van der Waals surface area contributed by atoms with E-state index >= 15 is 0 Å². The van der Waals surface area contributed by atoms with Crippen LogP contribution in [0.5, 0.6) is 34.9 Å². The first-order chi connectivity index (χ1) is 62.6. The van der Waals surface area contributed by atoms with Crippen LogP contribution in [-0.4, -0.2) is 211 Å². The molecule has 134 heavy (non-hydrogen) atoms. The van der Waals surface area contributed by atoms with Gasteiger partial charge in [-0.25, -0.2) is 63.1 Å². The van der Waals surface area contributed by atoms with Crippen molar-refractivity contribution in [2.45, 2.75) is 336 Å². The number of alkyl carbamates (subject to hydrolysis) is 3. The van der Waals surface area contributed by atoms with E-state index in [0.717, 1.165) is 161 Å². The van der Waals surface area contributed by atoms with Crippen molar-refractivity contribution in [3.05, 3.63) is 71.7 Å². The van der Waals surface area contributed by atoms with E-state index in [1.165, 1.54) is 21.1 Å². The normalized spacial score (nSPS) is 30.4. The molecule has 6 amide bonds. The van der Waals surface area contributed by atoms with Gasteiger partial charge >= 0.3 is 18.3 Å². The summed E-state index contributed by atoms with van der Waals surface area (Å²) in [6.45, 7) is 30.2. The van der Waals surface area contributed by atoms with Crippen molar-refractivity contribution in [3.63, 3.8) is 0 Å². The summed E-state index contributed by atoms with van der Waals surface area (Å²) >= 11 is 0. The van der Waals surface area contributed by atoms with Gasteiger partial charge in [0, 0.05) is 73.9 Å². The Morgan fingerprint density at radius 2 is 0.828 bits per heavy atom. The molecular formula is C101H135N12O18V3-3. The smallest absolute Gasteiger partial charge is 0.408 e. The van der Waals surface area contributed by atoms with E-state index in [1.54, 1.807) is 0 Å². The molecule has 6 aromatic rings. The Bertz CT molecular complexity index is 5060. The van der Waals surface area contributed by atoms with Crippen molar-refractivity contribution in [1.29, 1.82) is 0 Å². The van der Waals surface area contributed by atoms with Gasteiger partial charge in [-0.1, -0.05) is 146 Å². The number of hydrogen-bond donors (Lipinski definition) is 3. The second kappa shape index (κ2) is 44.5. The molecule has 725 valence electrons. The third-order valence-corrected chi connectivity index (χ3v) is 29.0. The fourth-order valence-electron chi connectivity index (χ4n) is 21.0. The van der Waals surface area contributed by atoms with Crippen LogP contribution >= 0.6 is 0 Å².